The fraction of sp³-hybridized carbons (Fsp3) is 0.818. The molecular weight excluding hydrogens is 248 g/mol. The topological polar surface area (TPSA) is 64.6 Å². The molecule has 0 aliphatic heterocycles. The first-order chi connectivity index (χ1) is 7.94. The van der Waals surface area contributed by atoms with Crippen molar-refractivity contribution in [3.63, 3.8) is 0 Å². The van der Waals surface area contributed by atoms with Gasteiger partial charge in [-0.25, -0.2) is 18.4 Å². The number of alkyl carbamates (subject to hydrolysis) is 1. The molecule has 0 saturated heterocycles. The first-order valence-electron chi connectivity index (χ1n) is 5.40. The van der Waals surface area contributed by atoms with Crippen molar-refractivity contribution in [2.45, 2.75) is 51.7 Å². The van der Waals surface area contributed by atoms with Crippen LogP contribution in [0.3, 0.4) is 0 Å². The molecule has 1 atom stereocenters. The lowest BCUT2D eigenvalue weighted by atomic mass is 10.1. The first-order valence-corrected chi connectivity index (χ1v) is 5.40. The Morgan fingerprint density at radius 1 is 1.22 bits per heavy atom. The minimum atomic E-state index is -3.10. The van der Waals surface area contributed by atoms with E-state index in [-0.39, 0.29) is 0 Å². The Kier molecular flexibility index (Phi) is 5.51. The predicted molar refractivity (Wildman–Crippen MR) is 60.4 cm³/mol. The Morgan fingerprint density at radius 2 is 1.72 bits per heavy atom. The number of ether oxygens (including phenoxy) is 2. The van der Waals surface area contributed by atoms with Gasteiger partial charge in [0.2, 0.25) is 5.92 Å². The predicted octanol–water partition coefficient (Wildman–Crippen LogP) is 2.10. The van der Waals surface area contributed by atoms with Gasteiger partial charge in [0.25, 0.3) is 0 Å². The van der Waals surface area contributed by atoms with E-state index in [0.717, 1.165) is 7.11 Å². The molecule has 0 aromatic carbocycles. The van der Waals surface area contributed by atoms with Gasteiger partial charge < -0.3 is 14.8 Å². The quantitative estimate of drug-likeness (QED) is 0.792. The van der Waals surface area contributed by atoms with Gasteiger partial charge in [-0.2, -0.15) is 0 Å². The number of rotatable bonds is 4. The molecule has 5 nitrogen and oxygen atoms in total. The van der Waals surface area contributed by atoms with Crippen LogP contribution in [-0.4, -0.2) is 36.7 Å². The molecular formula is C11H19F2NO4. The highest BCUT2D eigenvalue weighted by Gasteiger charge is 2.33. The molecule has 0 fully saturated rings. The van der Waals surface area contributed by atoms with Crippen molar-refractivity contribution in [3.05, 3.63) is 0 Å². The zero-order valence-electron chi connectivity index (χ0n) is 11.2. The number of amides is 1. The van der Waals surface area contributed by atoms with E-state index in [2.05, 4.69) is 10.1 Å². The van der Waals surface area contributed by atoms with Crippen LogP contribution in [0.15, 0.2) is 0 Å². The summed E-state index contributed by atoms with van der Waals surface area (Å²) in [5, 5.41) is 2.07. The fourth-order valence-electron chi connectivity index (χ4n) is 1.14. The average molecular weight is 267 g/mol. The molecule has 0 saturated carbocycles. The van der Waals surface area contributed by atoms with Crippen LogP contribution in [0, 0.1) is 0 Å². The zero-order chi connectivity index (χ0) is 14.6. The van der Waals surface area contributed by atoms with Crippen LogP contribution >= 0.6 is 0 Å². The van der Waals surface area contributed by atoms with Crippen LogP contribution < -0.4 is 5.32 Å². The lowest BCUT2D eigenvalue weighted by Crippen LogP contribution is -2.46. The molecule has 0 radical (unpaired) electrons. The van der Waals surface area contributed by atoms with Crippen molar-refractivity contribution >= 4 is 12.1 Å². The van der Waals surface area contributed by atoms with Gasteiger partial charge in [0.1, 0.15) is 11.6 Å². The lowest BCUT2D eigenvalue weighted by molar-refractivity contribution is -0.145. The number of esters is 1. The van der Waals surface area contributed by atoms with E-state index < -0.39 is 36.0 Å². The van der Waals surface area contributed by atoms with E-state index in [4.69, 9.17) is 4.74 Å². The Hall–Kier alpha value is -1.40. The highest BCUT2D eigenvalue weighted by molar-refractivity contribution is 5.81. The number of methoxy groups -OCH3 is 1. The molecule has 0 bridgehead atoms. The van der Waals surface area contributed by atoms with E-state index in [1.165, 1.54) is 0 Å². The van der Waals surface area contributed by atoms with Crippen molar-refractivity contribution in [2.24, 2.45) is 0 Å². The molecule has 1 N–H and O–H groups in total. The van der Waals surface area contributed by atoms with Gasteiger partial charge in [0.15, 0.2) is 0 Å². The highest BCUT2D eigenvalue weighted by atomic mass is 19.3. The molecule has 0 aromatic heterocycles. The van der Waals surface area contributed by atoms with Crippen molar-refractivity contribution < 1.29 is 27.8 Å². The Balaban J connectivity index is 4.61. The second-order valence-electron chi connectivity index (χ2n) is 5.00. The second-order valence-corrected chi connectivity index (χ2v) is 5.00. The molecule has 0 aliphatic carbocycles. The number of alkyl halides is 2. The van der Waals surface area contributed by atoms with Gasteiger partial charge in [-0.05, 0) is 27.7 Å². The van der Waals surface area contributed by atoms with Gasteiger partial charge in [0.05, 0.1) is 7.11 Å². The lowest BCUT2D eigenvalue weighted by Gasteiger charge is -2.23. The molecule has 0 aromatic rings. The van der Waals surface area contributed by atoms with Gasteiger partial charge in [-0.1, -0.05) is 0 Å². The van der Waals surface area contributed by atoms with Gasteiger partial charge >= 0.3 is 12.1 Å². The van der Waals surface area contributed by atoms with Crippen LogP contribution in [0.5, 0.6) is 0 Å². The zero-order valence-corrected chi connectivity index (χ0v) is 11.2. The van der Waals surface area contributed by atoms with Crippen molar-refractivity contribution in [3.8, 4) is 0 Å². The molecule has 0 rings (SSSR count). The normalized spacial score (nSPS) is 13.7. The Morgan fingerprint density at radius 3 is 2.06 bits per heavy atom. The van der Waals surface area contributed by atoms with Gasteiger partial charge in [-0.3, -0.25) is 0 Å². The first kappa shape index (κ1) is 16.6. The van der Waals surface area contributed by atoms with E-state index >= 15 is 0 Å². The van der Waals surface area contributed by atoms with E-state index in [1.54, 1.807) is 20.8 Å². The third-order valence-corrected chi connectivity index (χ3v) is 1.74. The summed E-state index contributed by atoms with van der Waals surface area (Å²) in [5.74, 6) is -4.05. The summed E-state index contributed by atoms with van der Waals surface area (Å²) >= 11 is 0. The van der Waals surface area contributed by atoms with Crippen LogP contribution in [-0.2, 0) is 14.3 Å². The minimum absolute atomic E-state index is 0.652. The number of carbonyl (C=O) groups excluding carboxylic acids is 2. The SMILES string of the molecule is COC(=O)[C@@H](CC(C)(F)F)NC(=O)OC(C)(C)C. The summed E-state index contributed by atoms with van der Waals surface area (Å²) in [7, 11) is 1.06. The highest BCUT2D eigenvalue weighted by Crippen LogP contribution is 2.20. The smallest absolute Gasteiger partial charge is 0.408 e. The maximum absolute atomic E-state index is 12.9. The van der Waals surface area contributed by atoms with E-state index in [0.29, 0.717) is 6.92 Å². The molecule has 0 aliphatic rings. The molecule has 0 heterocycles. The van der Waals surface area contributed by atoms with Gasteiger partial charge in [0, 0.05) is 6.42 Å². The van der Waals surface area contributed by atoms with Crippen molar-refractivity contribution in [2.75, 3.05) is 7.11 Å². The van der Waals surface area contributed by atoms with E-state index in [9.17, 15) is 18.4 Å². The van der Waals surface area contributed by atoms with Crippen LogP contribution in [0.25, 0.3) is 0 Å². The third-order valence-electron chi connectivity index (χ3n) is 1.74. The monoisotopic (exact) mass is 267 g/mol. The molecule has 0 spiro atoms. The number of carbonyl (C=O) groups is 2. The Labute approximate surface area is 105 Å². The standard InChI is InChI=1S/C11H19F2NO4/c1-10(2,3)18-9(16)14-7(8(15)17-5)6-11(4,12)13/h7H,6H2,1-5H3,(H,14,16)/t7-/m1/s1. The molecule has 18 heavy (non-hydrogen) atoms. The summed E-state index contributed by atoms with van der Waals surface area (Å²) in [6.07, 6.45) is -1.79. The van der Waals surface area contributed by atoms with Crippen molar-refractivity contribution in [1.29, 1.82) is 0 Å². The maximum Gasteiger partial charge on any atom is 0.408 e. The summed E-state index contributed by atoms with van der Waals surface area (Å²) < 4.78 is 34.9. The number of hydrogen-bond acceptors (Lipinski definition) is 4. The summed E-state index contributed by atoms with van der Waals surface area (Å²) in [6, 6.07) is -1.44. The van der Waals surface area contributed by atoms with Gasteiger partial charge in [-0.15, -0.1) is 0 Å². The van der Waals surface area contributed by atoms with Crippen LogP contribution in [0.2, 0.25) is 0 Å². The van der Waals surface area contributed by atoms with E-state index in [1.807, 2.05) is 0 Å². The molecule has 7 heteroatoms. The third kappa shape index (κ3) is 7.81. The Bertz CT molecular complexity index is 307. The molecule has 106 valence electrons. The summed E-state index contributed by atoms with van der Waals surface area (Å²) in [4.78, 5) is 22.7. The molecule has 1 amide bonds. The summed E-state index contributed by atoms with van der Waals surface area (Å²) in [5.41, 5.74) is -0.778. The van der Waals surface area contributed by atoms with Crippen LogP contribution in [0.1, 0.15) is 34.1 Å². The minimum Gasteiger partial charge on any atom is -0.467 e. The number of hydrogen-bond donors (Lipinski definition) is 1. The summed E-state index contributed by atoms with van der Waals surface area (Å²) in [6.45, 7) is 5.51. The fourth-order valence-corrected chi connectivity index (χ4v) is 1.14. The largest absolute Gasteiger partial charge is 0.467 e. The second kappa shape index (κ2) is 5.97. The number of halogens is 2. The molecule has 0 unspecified atom stereocenters. The maximum atomic E-state index is 12.9. The average Bonchev–Trinajstić information content (AvgIpc) is 2.10. The number of nitrogens with one attached hydrogen (secondary N) is 1. The van der Waals surface area contributed by atoms with Crippen molar-refractivity contribution in [1.82, 2.24) is 5.32 Å². The van der Waals surface area contributed by atoms with Crippen LogP contribution in [0.4, 0.5) is 13.6 Å².